The summed E-state index contributed by atoms with van der Waals surface area (Å²) < 4.78 is 4.85. The highest BCUT2D eigenvalue weighted by Crippen LogP contribution is 2.34. The normalized spacial score (nSPS) is 10.3. The molecule has 0 saturated carbocycles. The van der Waals surface area contributed by atoms with Gasteiger partial charge in [0.25, 0.3) is 0 Å². The van der Waals surface area contributed by atoms with Crippen molar-refractivity contribution in [2.45, 2.75) is 13.8 Å². The molecule has 1 aromatic carbocycles. The number of hydrogen-bond acceptors (Lipinski definition) is 3. The summed E-state index contributed by atoms with van der Waals surface area (Å²) in [7, 11) is 1.42. The summed E-state index contributed by atoms with van der Waals surface area (Å²) in [5.41, 5.74) is 3.93. The Morgan fingerprint density at radius 3 is 2.53 bits per heavy atom. The lowest BCUT2D eigenvalue weighted by Gasteiger charge is -2.06. The van der Waals surface area contributed by atoms with Crippen molar-refractivity contribution in [1.29, 1.82) is 0 Å². The van der Waals surface area contributed by atoms with E-state index in [-0.39, 0.29) is 5.97 Å². The molecule has 0 spiro atoms. The van der Waals surface area contributed by atoms with E-state index in [0.29, 0.717) is 5.56 Å². The van der Waals surface area contributed by atoms with E-state index in [0.717, 1.165) is 16.0 Å². The third-order valence-corrected chi connectivity index (χ3v) is 3.89. The zero-order valence-electron chi connectivity index (χ0n) is 10.1. The molecule has 0 unspecified atom stereocenters. The maximum absolute atomic E-state index is 11.8. The van der Waals surface area contributed by atoms with Crippen LogP contribution in [0.1, 0.15) is 21.5 Å². The number of carbonyl (C=O) groups is 1. The molecule has 17 heavy (non-hydrogen) atoms. The van der Waals surface area contributed by atoms with Gasteiger partial charge in [0.05, 0.1) is 12.7 Å². The minimum absolute atomic E-state index is 0.262. The minimum Gasteiger partial charge on any atom is -0.465 e. The zero-order chi connectivity index (χ0) is 12.4. The first kappa shape index (κ1) is 11.9. The van der Waals surface area contributed by atoms with E-state index in [1.807, 2.05) is 43.5 Å². The monoisotopic (exact) mass is 246 g/mol. The zero-order valence-corrected chi connectivity index (χ0v) is 10.9. The Bertz CT molecular complexity index is 555. The fraction of sp³-hybridized carbons (Fsp3) is 0.214. The molecule has 0 fully saturated rings. The average Bonchev–Trinajstić information content (AvgIpc) is 2.71. The second-order valence-corrected chi connectivity index (χ2v) is 4.81. The number of methoxy groups -OCH3 is 1. The van der Waals surface area contributed by atoms with Crippen LogP contribution in [-0.2, 0) is 4.74 Å². The van der Waals surface area contributed by atoms with Crippen molar-refractivity contribution in [3.8, 4) is 10.4 Å². The van der Waals surface area contributed by atoms with Gasteiger partial charge in [0.1, 0.15) is 0 Å². The second-order valence-electron chi connectivity index (χ2n) is 3.93. The Balaban J connectivity index is 2.61. The summed E-state index contributed by atoms with van der Waals surface area (Å²) in [5.74, 6) is -0.262. The highest BCUT2D eigenvalue weighted by Gasteiger charge is 2.19. The Morgan fingerprint density at radius 1 is 1.18 bits per heavy atom. The topological polar surface area (TPSA) is 26.3 Å². The fourth-order valence-electron chi connectivity index (χ4n) is 1.83. The highest BCUT2D eigenvalue weighted by atomic mass is 32.1. The van der Waals surface area contributed by atoms with E-state index >= 15 is 0 Å². The number of rotatable bonds is 2. The molecular formula is C14H14O2S. The number of ether oxygens (including phenoxy) is 1. The molecule has 2 rings (SSSR count). The fourth-order valence-corrected chi connectivity index (χ4v) is 2.96. The molecule has 0 amide bonds. The summed E-state index contributed by atoms with van der Waals surface area (Å²) >= 11 is 1.59. The van der Waals surface area contributed by atoms with Gasteiger partial charge in [-0.05, 0) is 35.9 Å². The Kier molecular flexibility index (Phi) is 3.29. The van der Waals surface area contributed by atoms with Crippen LogP contribution in [0.2, 0.25) is 0 Å². The van der Waals surface area contributed by atoms with E-state index in [9.17, 15) is 4.79 Å². The lowest BCUT2D eigenvalue weighted by Crippen LogP contribution is -2.03. The van der Waals surface area contributed by atoms with Crippen molar-refractivity contribution in [1.82, 2.24) is 0 Å². The molecule has 2 nitrogen and oxygen atoms in total. The molecule has 88 valence electrons. The van der Waals surface area contributed by atoms with E-state index < -0.39 is 0 Å². The third-order valence-electron chi connectivity index (χ3n) is 2.75. The first-order valence-electron chi connectivity index (χ1n) is 5.37. The molecular weight excluding hydrogens is 232 g/mol. The Morgan fingerprint density at radius 2 is 1.88 bits per heavy atom. The van der Waals surface area contributed by atoms with Crippen LogP contribution >= 0.6 is 11.3 Å². The number of thiophene rings is 1. The summed E-state index contributed by atoms with van der Waals surface area (Å²) in [6, 6.07) is 8.06. The summed E-state index contributed by atoms with van der Waals surface area (Å²) in [4.78, 5) is 12.8. The molecule has 0 aliphatic rings. The van der Waals surface area contributed by atoms with Crippen molar-refractivity contribution >= 4 is 17.3 Å². The first-order valence-corrected chi connectivity index (χ1v) is 6.25. The highest BCUT2D eigenvalue weighted by molar-refractivity contribution is 7.14. The van der Waals surface area contributed by atoms with Gasteiger partial charge in [0, 0.05) is 4.88 Å². The van der Waals surface area contributed by atoms with Crippen LogP contribution in [0.15, 0.2) is 29.6 Å². The van der Waals surface area contributed by atoms with Gasteiger partial charge in [-0.2, -0.15) is 0 Å². The SMILES string of the molecule is COC(=O)c1c(C)csc1-c1ccccc1C. The lowest BCUT2D eigenvalue weighted by atomic mass is 10.0. The Labute approximate surface area is 105 Å². The van der Waals surface area contributed by atoms with Crippen LogP contribution < -0.4 is 0 Å². The van der Waals surface area contributed by atoms with Crippen LogP contribution in [0.4, 0.5) is 0 Å². The maximum Gasteiger partial charge on any atom is 0.339 e. The molecule has 2 aromatic rings. The summed E-state index contributed by atoms with van der Waals surface area (Å²) in [6.45, 7) is 3.98. The van der Waals surface area contributed by atoms with Gasteiger partial charge in [-0.15, -0.1) is 11.3 Å². The molecule has 0 radical (unpaired) electrons. The Hall–Kier alpha value is -1.61. The minimum atomic E-state index is -0.262. The smallest absolute Gasteiger partial charge is 0.339 e. The van der Waals surface area contributed by atoms with Gasteiger partial charge >= 0.3 is 5.97 Å². The van der Waals surface area contributed by atoms with Crippen LogP contribution in [0, 0.1) is 13.8 Å². The number of hydrogen-bond donors (Lipinski definition) is 0. The quantitative estimate of drug-likeness (QED) is 0.753. The molecule has 1 aromatic heterocycles. The van der Waals surface area contributed by atoms with Crippen molar-refractivity contribution in [2.24, 2.45) is 0 Å². The molecule has 3 heteroatoms. The largest absolute Gasteiger partial charge is 0.465 e. The third kappa shape index (κ3) is 2.11. The average molecular weight is 246 g/mol. The standard InChI is InChI=1S/C14H14O2S/c1-9-6-4-5-7-11(9)13-12(14(15)16-3)10(2)8-17-13/h4-8H,1-3H3. The van der Waals surface area contributed by atoms with Crippen LogP contribution in [-0.4, -0.2) is 13.1 Å². The van der Waals surface area contributed by atoms with Crippen molar-refractivity contribution in [2.75, 3.05) is 7.11 Å². The predicted octanol–water partition coefficient (Wildman–Crippen LogP) is 3.82. The molecule has 1 heterocycles. The number of aryl methyl sites for hydroxylation is 2. The van der Waals surface area contributed by atoms with Gasteiger partial charge in [-0.25, -0.2) is 4.79 Å². The van der Waals surface area contributed by atoms with E-state index in [4.69, 9.17) is 4.74 Å². The van der Waals surface area contributed by atoms with Crippen molar-refractivity contribution in [3.63, 3.8) is 0 Å². The molecule has 0 bridgehead atoms. The molecule has 0 atom stereocenters. The van der Waals surface area contributed by atoms with Crippen LogP contribution in [0.5, 0.6) is 0 Å². The first-order chi connectivity index (χ1) is 8.15. The molecule has 0 aliphatic carbocycles. The molecule has 0 N–H and O–H groups in total. The summed E-state index contributed by atoms with van der Waals surface area (Å²) in [6.07, 6.45) is 0. The maximum atomic E-state index is 11.8. The van der Waals surface area contributed by atoms with Crippen LogP contribution in [0.3, 0.4) is 0 Å². The van der Waals surface area contributed by atoms with Gasteiger partial charge in [0.15, 0.2) is 0 Å². The van der Waals surface area contributed by atoms with Gasteiger partial charge in [0.2, 0.25) is 0 Å². The number of benzene rings is 1. The van der Waals surface area contributed by atoms with Crippen molar-refractivity contribution in [3.05, 3.63) is 46.3 Å². The molecule has 0 aliphatic heterocycles. The predicted molar refractivity (Wildman–Crippen MR) is 70.6 cm³/mol. The second kappa shape index (κ2) is 4.72. The van der Waals surface area contributed by atoms with E-state index in [1.165, 1.54) is 12.7 Å². The molecule has 0 saturated heterocycles. The van der Waals surface area contributed by atoms with Gasteiger partial charge in [-0.1, -0.05) is 24.3 Å². The van der Waals surface area contributed by atoms with E-state index in [1.54, 1.807) is 11.3 Å². The summed E-state index contributed by atoms with van der Waals surface area (Å²) in [5, 5.41) is 1.99. The van der Waals surface area contributed by atoms with Crippen molar-refractivity contribution < 1.29 is 9.53 Å². The number of carbonyl (C=O) groups excluding carboxylic acids is 1. The van der Waals surface area contributed by atoms with Gasteiger partial charge in [-0.3, -0.25) is 0 Å². The van der Waals surface area contributed by atoms with Gasteiger partial charge < -0.3 is 4.74 Å². The lowest BCUT2D eigenvalue weighted by molar-refractivity contribution is 0.0601. The number of esters is 1. The van der Waals surface area contributed by atoms with E-state index in [2.05, 4.69) is 0 Å². The van der Waals surface area contributed by atoms with Crippen LogP contribution in [0.25, 0.3) is 10.4 Å².